The average molecular weight is 255 g/mol. The molecule has 1 saturated heterocycles. The Bertz CT molecular complexity index is 353. The van der Waals surface area contributed by atoms with E-state index in [1.54, 1.807) is 11.9 Å². The molecular formula is C11H17N3O4. The van der Waals surface area contributed by atoms with Crippen LogP contribution in [0.2, 0.25) is 0 Å². The minimum absolute atomic E-state index is 0.105. The number of urea groups is 1. The number of aliphatic carboxylic acids is 1. The van der Waals surface area contributed by atoms with Crippen LogP contribution in [0.4, 0.5) is 4.79 Å². The number of carbonyl (C=O) groups is 2. The summed E-state index contributed by atoms with van der Waals surface area (Å²) in [4.78, 5) is 25.6. The Balaban J connectivity index is 2.47. The van der Waals surface area contributed by atoms with Gasteiger partial charge < -0.3 is 19.6 Å². The second kappa shape index (κ2) is 6.81. The number of nitriles is 1. The lowest BCUT2D eigenvalue weighted by molar-refractivity contribution is -0.141. The van der Waals surface area contributed by atoms with Crippen molar-refractivity contribution in [3.63, 3.8) is 0 Å². The van der Waals surface area contributed by atoms with Gasteiger partial charge in [0, 0.05) is 26.7 Å². The van der Waals surface area contributed by atoms with Gasteiger partial charge in [-0.3, -0.25) is 4.79 Å². The molecule has 1 N–H and O–H groups in total. The molecular weight excluding hydrogens is 238 g/mol. The van der Waals surface area contributed by atoms with E-state index in [4.69, 9.17) is 15.1 Å². The summed E-state index contributed by atoms with van der Waals surface area (Å²) < 4.78 is 5.28. The molecule has 0 aromatic rings. The lowest BCUT2D eigenvalue weighted by atomic mass is 10.2. The Morgan fingerprint density at radius 1 is 1.61 bits per heavy atom. The van der Waals surface area contributed by atoms with Gasteiger partial charge in [0.05, 0.1) is 31.6 Å². The predicted octanol–water partition coefficient (Wildman–Crippen LogP) is 0.127. The van der Waals surface area contributed by atoms with Crippen LogP contribution in [-0.4, -0.2) is 66.3 Å². The quantitative estimate of drug-likeness (QED) is 0.770. The summed E-state index contributed by atoms with van der Waals surface area (Å²) >= 11 is 0. The van der Waals surface area contributed by atoms with Gasteiger partial charge in [0.15, 0.2) is 0 Å². The first kappa shape index (κ1) is 14.3. The molecule has 1 aliphatic heterocycles. The first-order chi connectivity index (χ1) is 8.54. The molecule has 0 spiro atoms. The Labute approximate surface area is 106 Å². The van der Waals surface area contributed by atoms with Gasteiger partial charge in [0.25, 0.3) is 0 Å². The number of nitrogens with zero attached hydrogens (tertiary/aromatic N) is 3. The summed E-state index contributed by atoms with van der Waals surface area (Å²) in [7, 11) is 1.63. The number of ether oxygens (including phenoxy) is 1. The third kappa shape index (κ3) is 4.22. The van der Waals surface area contributed by atoms with Gasteiger partial charge in [-0.05, 0) is 0 Å². The van der Waals surface area contributed by atoms with Crippen molar-refractivity contribution >= 4 is 12.0 Å². The summed E-state index contributed by atoms with van der Waals surface area (Å²) in [5, 5.41) is 17.1. The maximum Gasteiger partial charge on any atom is 0.319 e. The van der Waals surface area contributed by atoms with Gasteiger partial charge in [-0.15, -0.1) is 0 Å². The number of rotatable bonds is 4. The van der Waals surface area contributed by atoms with E-state index < -0.39 is 12.1 Å². The van der Waals surface area contributed by atoms with E-state index in [9.17, 15) is 9.59 Å². The van der Waals surface area contributed by atoms with Crippen molar-refractivity contribution in [3.8, 4) is 6.07 Å². The SMILES string of the molecule is CN(CCC#N)C(=O)N1CCOC(CC(=O)O)C1. The van der Waals surface area contributed by atoms with Crippen LogP contribution in [0.25, 0.3) is 0 Å². The lowest BCUT2D eigenvalue weighted by Crippen LogP contribution is -2.50. The maximum absolute atomic E-state index is 12.0. The van der Waals surface area contributed by atoms with Crippen molar-refractivity contribution in [2.24, 2.45) is 0 Å². The topological polar surface area (TPSA) is 93.9 Å². The lowest BCUT2D eigenvalue weighted by Gasteiger charge is -2.34. The number of amides is 2. The smallest absolute Gasteiger partial charge is 0.319 e. The van der Waals surface area contributed by atoms with E-state index in [1.165, 1.54) is 4.90 Å². The first-order valence-corrected chi connectivity index (χ1v) is 5.75. The molecule has 1 atom stereocenters. The van der Waals surface area contributed by atoms with E-state index in [1.807, 2.05) is 6.07 Å². The molecule has 1 rings (SSSR count). The molecule has 0 bridgehead atoms. The highest BCUT2D eigenvalue weighted by Gasteiger charge is 2.27. The number of hydrogen-bond donors (Lipinski definition) is 1. The second-order valence-corrected chi connectivity index (χ2v) is 4.15. The van der Waals surface area contributed by atoms with Gasteiger partial charge in [0.1, 0.15) is 0 Å². The molecule has 1 unspecified atom stereocenters. The van der Waals surface area contributed by atoms with E-state index >= 15 is 0 Å². The standard InChI is InChI=1S/C11H17N3O4/c1-13(4-2-3-12)11(17)14-5-6-18-9(8-14)7-10(15)16/h9H,2,4-8H2,1H3,(H,15,16). The van der Waals surface area contributed by atoms with Crippen molar-refractivity contribution in [2.45, 2.75) is 18.9 Å². The van der Waals surface area contributed by atoms with Crippen LogP contribution in [0.5, 0.6) is 0 Å². The van der Waals surface area contributed by atoms with Gasteiger partial charge in [-0.2, -0.15) is 5.26 Å². The monoisotopic (exact) mass is 255 g/mol. The van der Waals surface area contributed by atoms with Crippen LogP contribution in [0.15, 0.2) is 0 Å². The Morgan fingerprint density at radius 3 is 2.94 bits per heavy atom. The zero-order valence-electron chi connectivity index (χ0n) is 10.3. The van der Waals surface area contributed by atoms with Gasteiger partial charge >= 0.3 is 12.0 Å². The Kier molecular flexibility index (Phi) is 5.39. The summed E-state index contributed by atoms with van der Waals surface area (Å²) in [5.74, 6) is -0.938. The minimum atomic E-state index is -0.938. The molecule has 0 radical (unpaired) electrons. The van der Waals surface area contributed by atoms with Crippen LogP contribution >= 0.6 is 0 Å². The van der Waals surface area contributed by atoms with E-state index in [0.29, 0.717) is 19.7 Å². The largest absolute Gasteiger partial charge is 0.481 e. The molecule has 2 amide bonds. The molecule has 100 valence electrons. The third-order valence-corrected chi connectivity index (χ3v) is 2.70. The molecule has 7 heteroatoms. The van der Waals surface area contributed by atoms with Crippen LogP contribution in [-0.2, 0) is 9.53 Å². The zero-order chi connectivity index (χ0) is 13.5. The van der Waals surface area contributed by atoms with Crippen LogP contribution in [0, 0.1) is 11.3 Å². The molecule has 1 fully saturated rings. The van der Waals surface area contributed by atoms with Crippen molar-refractivity contribution in [2.75, 3.05) is 33.3 Å². The highest BCUT2D eigenvalue weighted by atomic mass is 16.5. The second-order valence-electron chi connectivity index (χ2n) is 4.15. The van der Waals surface area contributed by atoms with Crippen LogP contribution < -0.4 is 0 Å². The molecule has 1 aliphatic rings. The number of morpholine rings is 1. The van der Waals surface area contributed by atoms with E-state index in [0.717, 1.165) is 0 Å². The number of carboxylic acids is 1. The molecule has 0 aromatic carbocycles. The van der Waals surface area contributed by atoms with Crippen molar-refractivity contribution in [3.05, 3.63) is 0 Å². The summed E-state index contributed by atoms with van der Waals surface area (Å²) in [6.45, 7) is 1.44. The molecule has 0 saturated carbocycles. The number of hydrogen-bond acceptors (Lipinski definition) is 4. The van der Waals surface area contributed by atoms with Crippen molar-refractivity contribution < 1.29 is 19.4 Å². The fraction of sp³-hybridized carbons (Fsp3) is 0.727. The van der Waals surface area contributed by atoms with Crippen molar-refractivity contribution in [1.82, 2.24) is 9.80 Å². The summed E-state index contributed by atoms with van der Waals surface area (Å²) in [5.41, 5.74) is 0. The highest BCUT2D eigenvalue weighted by molar-refractivity contribution is 5.74. The van der Waals surface area contributed by atoms with Crippen LogP contribution in [0.3, 0.4) is 0 Å². The van der Waals surface area contributed by atoms with Gasteiger partial charge in [0.2, 0.25) is 0 Å². The molecule has 1 heterocycles. The zero-order valence-corrected chi connectivity index (χ0v) is 10.3. The molecule has 18 heavy (non-hydrogen) atoms. The minimum Gasteiger partial charge on any atom is -0.481 e. The third-order valence-electron chi connectivity index (χ3n) is 2.70. The highest BCUT2D eigenvalue weighted by Crippen LogP contribution is 2.10. The maximum atomic E-state index is 12.0. The molecule has 7 nitrogen and oxygen atoms in total. The van der Waals surface area contributed by atoms with E-state index in [-0.39, 0.29) is 25.4 Å². The average Bonchev–Trinajstić information content (AvgIpc) is 2.34. The fourth-order valence-corrected chi connectivity index (χ4v) is 1.77. The normalized spacial score (nSPS) is 19.1. The predicted molar refractivity (Wildman–Crippen MR) is 61.8 cm³/mol. The fourth-order valence-electron chi connectivity index (χ4n) is 1.77. The number of carboxylic acid groups (broad SMARTS) is 1. The summed E-state index contributed by atoms with van der Waals surface area (Å²) in [6.07, 6.45) is -0.277. The van der Waals surface area contributed by atoms with E-state index in [2.05, 4.69) is 0 Å². The molecule has 0 aromatic heterocycles. The van der Waals surface area contributed by atoms with Gasteiger partial charge in [-0.25, -0.2) is 4.79 Å². The first-order valence-electron chi connectivity index (χ1n) is 5.75. The van der Waals surface area contributed by atoms with Gasteiger partial charge in [-0.1, -0.05) is 0 Å². The Hall–Kier alpha value is -1.81. The van der Waals surface area contributed by atoms with Crippen molar-refractivity contribution in [1.29, 1.82) is 5.26 Å². The molecule has 0 aliphatic carbocycles. The van der Waals surface area contributed by atoms with Crippen LogP contribution in [0.1, 0.15) is 12.8 Å². The Morgan fingerprint density at radius 2 is 2.33 bits per heavy atom. The summed E-state index contributed by atoms with van der Waals surface area (Å²) in [6, 6.07) is 1.79. The number of carbonyl (C=O) groups excluding carboxylic acids is 1.